The van der Waals surface area contributed by atoms with E-state index >= 15 is 0 Å². The Balaban J connectivity index is 1.43. The third-order valence-corrected chi connectivity index (χ3v) is 9.87. The molecule has 7 nitrogen and oxygen atoms in total. The molecule has 1 amide bonds. The van der Waals surface area contributed by atoms with Crippen LogP contribution in [0.3, 0.4) is 0 Å². The van der Waals surface area contributed by atoms with Crippen LogP contribution in [0.2, 0.25) is 0 Å². The summed E-state index contributed by atoms with van der Waals surface area (Å²) in [7, 11) is -2.60. The summed E-state index contributed by atoms with van der Waals surface area (Å²) in [6.45, 7) is 2.98. The topological polar surface area (TPSA) is 107 Å². The number of rotatable bonds is 21. The minimum atomic E-state index is -4.49. The van der Waals surface area contributed by atoms with Gasteiger partial charge in [-0.1, -0.05) is 109 Å². The first-order valence-corrected chi connectivity index (χ1v) is 18.6. The molecule has 3 rings (SSSR count). The lowest BCUT2D eigenvalue weighted by Crippen LogP contribution is -2.24. The van der Waals surface area contributed by atoms with E-state index in [0.29, 0.717) is 17.9 Å². The number of hydrogen-bond acceptors (Lipinski definition) is 5. The molecule has 0 heterocycles. The number of anilines is 2. The van der Waals surface area contributed by atoms with Crippen molar-refractivity contribution in [2.45, 2.75) is 140 Å². The predicted octanol–water partition coefficient (Wildman–Crippen LogP) is 9.47. The van der Waals surface area contributed by atoms with Crippen LogP contribution in [0.5, 0.6) is 5.75 Å². The van der Waals surface area contributed by atoms with Gasteiger partial charge in [-0.3, -0.25) is 9.35 Å². The van der Waals surface area contributed by atoms with E-state index in [4.69, 9.17) is 0 Å². The third-order valence-electron chi connectivity index (χ3n) is 9.02. The largest absolute Gasteiger partial charge is 0.505 e. The van der Waals surface area contributed by atoms with E-state index in [1.807, 2.05) is 18.0 Å². The highest BCUT2D eigenvalue weighted by Gasteiger charge is 2.22. The van der Waals surface area contributed by atoms with Crippen molar-refractivity contribution in [2.24, 2.45) is 0 Å². The number of phenolic OH excluding ortho intramolecular Hbond substituents is 1. The van der Waals surface area contributed by atoms with E-state index in [-0.39, 0.29) is 16.2 Å². The van der Waals surface area contributed by atoms with Crippen molar-refractivity contribution in [3.05, 3.63) is 47.0 Å². The van der Waals surface area contributed by atoms with Crippen LogP contribution in [-0.2, 0) is 23.0 Å². The molecule has 44 heavy (non-hydrogen) atoms. The number of carbonyl (C=O) groups is 1. The van der Waals surface area contributed by atoms with Gasteiger partial charge in [-0.15, -0.1) is 0 Å². The van der Waals surface area contributed by atoms with Crippen LogP contribution in [0.4, 0.5) is 11.4 Å². The minimum absolute atomic E-state index is 0.0737. The lowest BCUT2D eigenvalue weighted by Gasteiger charge is -2.23. The number of aryl methyl sites for hydroxylation is 1. The second kappa shape index (κ2) is 19.1. The Morgan fingerprint density at radius 1 is 0.795 bits per heavy atom. The van der Waals surface area contributed by atoms with Crippen molar-refractivity contribution >= 4 is 27.4 Å². The van der Waals surface area contributed by atoms with E-state index in [2.05, 4.69) is 12.2 Å². The normalized spacial score (nSPS) is 13.1. The predicted molar refractivity (Wildman–Crippen MR) is 182 cm³/mol. The van der Waals surface area contributed by atoms with Crippen LogP contribution >= 0.6 is 0 Å². The van der Waals surface area contributed by atoms with E-state index in [0.717, 1.165) is 49.7 Å². The molecule has 0 bridgehead atoms. The fraction of sp³-hybridized carbons (Fsp3) is 0.639. The maximum atomic E-state index is 13.4. The van der Waals surface area contributed by atoms with Gasteiger partial charge < -0.3 is 15.3 Å². The molecule has 0 radical (unpaired) electrons. The van der Waals surface area contributed by atoms with Crippen LogP contribution in [0, 0.1) is 0 Å². The zero-order chi connectivity index (χ0) is 31.8. The molecule has 0 aliphatic heterocycles. The highest BCUT2D eigenvalue weighted by molar-refractivity contribution is 7.85. The van der Waals surface area contributed by atoms with E-state index in [1.54, 1.807) is 12.1 Å². The first kappa shape index (κ1) is 35.9. The Morgan fingerprint density at radius 3 is 1.91 bits per heavy atom. The molecule has 0 saturated heterocycles. The standard InChI is InChI=1S/C36H56N2O5S/c1-3-4-5-6-7-8-9-10-11-12-13-14-15-16-17-20-27-38(2)34-26-24-30(44(41,42)43)28-32(34)36(40)37-33-25-23-29-21-18-19-22-31(29)35(33)39/h23-26,28,39H,3-22,27H2,1-2H3,(H,37,40)(H,41,42,43). The van der Waals surface area contributed by atoms with Gasteiger partial charge in [0.1, 0.15) is 5.75 Å². The molecule has 0 aromatic heterocycles. The summed E-state index contributed by atoms with van der Waals surface area (Å²) in [6.07, 6.45) is 24.6. The van der Waals surface area contributed by atoms with Crippen LogP contribution in [0.25, 0.3) is 0 Å². The van der Waals surface area contributed by atoms with E-state index < -0.39 is 16.0 Å². The van der Waals surface area contributed by atoms with Gasteiger partial charge >= 0.3 is 0 Å². The molecule has 8 heteroatoms. The van der Waals surface area contributed by atoms with Crippen LogP contribution < -0.4 is 10.2 Å². The van der Waals surface area contributed by atoms with Crippen LogP contribution in [0.15, 0.2) is 35.2 Å². The molecule has 2 aromatic carbocycles. The lowest BCUT2D eigenvalue weighted by atomic mass is 9.90. The molecule has 0 atom stereocenters. The Bertz CT molecular complexity index is 1280. The molecule has 1 aliphatic rings. The molecule has 0 fully saturated rings. The SMILES string of the molecule is CCCCCCCCCCCCCCCCCCN(C)c1ccc(S(=O)(=O)O)cc1C(=O)Nc1ccc2c(c1O)CCCC2. The number of amides is 1. The molecule has 0 unspecified atom stereocenters. The summed E-state index contributed by atoms with van der Waals surface area (Å²) in [5, 5.41) is 13.6. The monoisotopic (exact) mass is 628 g/mol. The molecule has 0 spiro atoms. The van der Waals surface area contributed by atoms with Crippen molar-refractivity contribution < 1.29 is 22.9 Å². The summed E-state index contributed by atoms with van der Waals surface area (Å²) in [6, 6.07) is 7.73. The first-order valence-electron chi connectivity index (χ1n) is 17.2. The van der Waals surface area contributed by atoms with Gasteiger partial charge in [0.2, 0.25) is 0 Å². The van der Waals surface area contributed by atoms with Gasteiger partial charge in [-0.25, -0.2) is 0 Å². The van der Waals surface area contributed by atoms with Crippen molar-refractivity contribution in [2.75, 3.05) is 23.8 Å². The fourth-order valence-electron chi connectivity index (χ4n) is 6.31. The molecule has 246 valence electrons. The Morgan fingerprint density at radius 2 is 1.34 bits per heavy atom. The van der Waals surface area contributed by atoms with Gasteiger partial charge in [0.05, 0.1) is 16.1 Å². The third kappa shape index (κ3) is 11.7. The average Bonchev–Trinajstić information content (AvgIpc) is 3.01. The number of phenols is 1. The first-order chi connectivity index (χ1) is 21.2. The summed E-state index contributed by atoms with van der Waals surface area (Å²) in [5.41, 5.74) is 2.98. The van der Waals surface area contributed by atoms with E-state index in [9.17, 15) is 22.9 Å². The van der Waals surface area contributed by atoms with Crippen molar-refractivity contribution in [3.63, 3.8) is 0 Å². The summed E-state index contributed by atoms with van der Waals surface area (Å²) in [5.74, 6) is -0.458. The van der Waals surface area contributed by atoms with Gasteiger partial charge in [-0.05, 0) is 67.5 Å². The highest BCUT2D eigenvalue weighted by atomic mass is 32.2. The van der Waals surface area contributed by atoms with Crippen LogP contribution in [-0.4, -0.2) is 37.6 Å². The zero-order valence-electron chi connectivity index (χ0n) is 27.2. The molecule has 0 saturated carbocycles. The smallest absolute Gasteiger partial charge is 0.294 e. The van der Waals surface area contributed by atoms with Crippen LogP contribution in [0.1, 0.15) is 144 Å². The minimum Gasteiger partial charge on any atom is -0.505 e. The second-order valence-corrected chi connectivity index (χ2v) is 14.1. The fourth-order valence-corrected chi connectivity index (χ4v) is 6.81. The molecule has 1 aliphatic carbocycles. The number of hydrogen-bond donors (Lipinski definition) is 3. The molecular formula is C36H56N2O5S. The average molecular weight is 629 g/mol. The number of aromatic hydroxyl groups is 1. The van der Waals surface area contributed by atoms with Crippen molar-refractivity contribution in [1.82, 2.24) is 0 Å². The second-order valence-electron chi connectivity index (χ2n) is 12.6. The van der Waals surface area contributed by atoms with Gasteiger partial charge in [0.15, 0.2) is 0 Å². The number of nitrogens with one attached hydrogen (secondary N) is 1. The maximum Gasteiger partial charge on any atom is 0.294 e. The van der Waals surface area contributed by atoms with Crippen molar-refractivity contribution in [3.8, 4) is 5.75 Å². The number of unbranched alkanes of at least 4 members (excludes halogenated alkanes) is 15. The maximum absolute atomic E-state index is 13.4. The van der Waals surface area contributed by atoms with Gasteiger partial charge in [0, 0.05) is 19.3 Å². The quantitative estimate of drug-likeness (QED) is 0.0722. The number of fused-ring (bicyclic) bond motifs is 1. The summed E-state index contributed by atoms with van der Waals surface area (Å²) in [4.78, 5) is 15.1. The number of nitrogens with zero attached hydrogens (tertiary/aromatic N) is 1. The highest BCUT2D eigenvalue weighted by Crippen LogP contribution is 2.36. The zero-order valence-corrected chi connectivity index (χ0v) is 28.0. The summed E-state index contributed by atoms with van der Waals surface area (Å²) < 4.78 is 33.4. The Hall–Kier alpha value is -2.58. The van der Waals surface area contributed by atoms with Gasteiger partial charge in [0.25, 0.3) is 16.0 Å². The lowest BCUT2D eigenvalue weighted by molar-refractivity contribution is 0.102. The number of benzene rings is 2. The van der Waals surface area contributed by atoms with Crippen molar-refractivity contribution in [1.29, 1.82) is 0 Å². The Labute approximate surface area is 266 Å². The Kier molecular flexibility index (Phi) is 15.5. The van der Waals surface area contributed by atoms with E-state index in [1.165, 1.54) is 102 Å². The molecule has 3 N–H and O–H groups in total. The summed E-state index contributed by atoms with van der Waals surface area (Å²) >= 11 is 0. The number of carbonyl (C=O) groups excluding carboxylic acids is 1. The molecule has 2 aromatic rings. The molecular weight excluding hydrogens is 572 g/mol. The van der Waals surface area contributed by atoms with Gasteiger partial charge in [-0.2, -0.15) is 8.42 Å².